The molecule has 21 heavy (non-hydrogen) atoms. The molecule has 0 radical (unpaired) electrons. The third-order valence-corrected chi connectivity index (χ3v) is 4.40. The number of hydrogen-bond donors (Lipinski definition) is 2. The van der Waals surface area contributed by atoms with Crippen LogP contribution in [0.5, 0.6) is 0 Å². The molecule has 1 aromatic carbocycles. The second kappa shape index (κ2) is 5.78. The molecule has 0 aliphatic heterocycles. The van der Waals surface area contributed by atoms with Gasteiger partial charge in [-0.3, -0.25) is 0 Å². The van der Waals surface area contributed by atoms with Crippen LogP contribution < -0.4 is 5.32 Å². The molecule has 1 fully saturated rings. The number of hydrogen-bond acceptors (Lipinski definition) is 4. The molecule has 112 valence electrons. The van der Waals surface area contributed by atoms with Gasteiger partial charge in [0, 0.05) is 11.9 Å². The number of nitrogens with one attached hydrogen (secondary N) is 1. The quantitative estimate of drug-likeness (QED) is 0.850. The summed E-state index contributed by atoms with van der Waals surface area (Å²) in [5.41, 5.74) is 0.153. The van der Waals surface area contributed by atoms with Gasteiger partial charge >= 0.3 is 0 Å². The Morgan fingerprint density at radius 1 is 1.38 bits per heavy atom. The minimum absolute atomic E-state index is 0.222. The van der Waals surface area contributed by atoms with Crippen molar-refractivity contribution in [3.63, 3.8) is 0 Å². The number of halogens is 1. The standard InChI is InChI=1S/C16H20ClN3O/c1-11-5-4-8-16(21,9-11)10-18-14-12-6-2-3-7-13(12)19-15(17)20-14/h2-3,6-7,11,21H,4-5,8-10H2,1H3,(H,18,19,20). The van der Waals surface area contributed by atoms with E-state index in [1.807, 2.05) is 24.3 Å². The predicted molar refractivity (Wildman–Crippen MR) is 85.6 cm³/mol. The van der Waals surface area contributed by atoms with Crippen LogP contribution in [-0.2, 0) is 0 Å². The van der Waals surface area contributed by atoms with Gasteiger partial charge < -0.3 is 10.4 Å². The Labute approximate surface area is 129 Å². The van der Waals surface area contributed by atoms with Crippen LogP contribution in [0.1, 0.15) is 32.6 Å². The average Bonchev–Trinajstić information content (AvgIpc) is 2.44. The second-order valence-corrected chi connectivity index (χ2v) is 6.48. The van der Waals surface area contributed by atoms with Crippen LogP contribution in [0, 0.1) is 5.92 Å². The first kappa shape index (κ1) is 14.5. The Morgan fingerprint density at radius 2 is 2.19 bits per heavy atom. The summed E-state index contributed by atoms with van der Waals surface area (Å²) in [4.78, 5) is 8.48. The lowest BCUT2D eigenvalue weighted by atomic mass is 9.79. The number of rotatable bonds is 3. The maximum atomic E-state index is 10.7. The van der Waals surface area contributed by atoms with E-state index in [1.54, 1.807) is 0 Å². The van der Waals surface area contributed by atoms with Gasteiger partial charge in [-0.25, -0.2) is 9.97 Å². The Bertz CT molecular complexity index is 648. The van der Waals surface area contributed by atoms with Gasteiger partial charge in [0.2, 0.25) is 5.28 Å². The fourth-order valence-corrected chi connectivity index (χ4v) is 3.40. The zero-order valence-corrected chi connectivity index (χ0v) is 12.9. The maximum absolute atomic E-state index is 10.7. The van der Waals surface area contributed by atoms with Crippen molar-refractivity contribution in [2.75, 3.05) is 11.9 Å². The van der Waals surface area contributed by atoms with Crippen molar-refractivity contribution in [3.8, 4) is 0 Å². The number of anilines is 1. The molecule has 1 aliphatic carbocycles. The van der Waals surface area contributed by atoms with Crippen LogP contribution in [0.4, 0.5) is 5.82 Å². The molecule has 2 N–H and O–H groups in total. The number of benzene rings is 1. The van der Waals surface area contributed by atoms with Crippen molar-refractivity contribution in [1.82, 2.24) is 9.97 Å². The largest absolute Gasteiger partial charge is 0.388 e. The van der Waals surface area contributed by atoms with Gasteiger partial charge in [0.15, 0.2) is 0 Å². The molecule has 5 heteroatoms. The van der Waals surface area contributed by atoms with Crippen LogP contribution in [-0.4, -0.2) is 27.2 Å². The molecule has 2 unspecified atom stereocenters. The smallest absolute Gasteiger partial charge is 0.224 e. The molecular weight excluding hydrogens is 286 g/mol. The van der Waals surface area contributed by atoms with Gasteiger partial charge in [0.05, 0.1) is 11.1 Å². The highest BCUT2D eigenvalue weighted by Gasteiger charge is 2.32. The van der Waals surface area contributed by atoms with E-state index in [4.69, 9.17) is 11.6 Å². The van der Waals surface area contributed by atoms with Crippen LogP contribution >= 0.6 is 11.6 Å². The summed E-state index contributed by atoms with van der Waals surface area (Å²) < 4.78 is 0. The number of nitrogens with zero attached hydrogens (tertiary/aromatic N) is 2. The summed E-state index contributed by atoms with van der Waals surface area (Å²) in [5, 5.41) is 15.1. The van der Waals surface area contributed by atoms with E-state index in [-0.39, 0.29) is 5.28 Å². The molecule has 1 saturated carbocycles. The lowest BCUT2D eigenvalue weighted by molar-refractivity contribution is -0.000802. The second-order valence-electron chi connectivity index (χ2n) is 6.14. The van der Waals surface area contributed by atoms with Gasteiger partial charge in [-0.15, -0.1) is 0 Å². The van der Waals surface area contributed by atoms with Crippen LogP contribution in [0.15, 0.2) is 24.3 Å². The van der Waals surface area contributed by atoms with Crippen molar-refractivity contribution in [2.45, 2.75) is 38.2 Å². The first-order chi connectivity index (χ1) is 10.1. The van der Waals surface area contributed by atoms with Crippen LogP contribution in [0.2, 0.25) is 5.28 Å². The topological polar surface area (TPSA) is 58.0 Å². The maximum Gasteiger partial charge on any atom is 0.224 e. The van der Waals surface area contributed by atoms with E-state index in [2.05, 4.69) is 22.2 Å². The van der Waals surface area contributed by atoms with Crippen LogP contribution in [0.25, 0.3) is 10.9 Å². The SMILES string of the molecule is CC1CCCC(O)(CNc2nc(Cl)nc3ccccc23)C1. The van der Waals surface area contributed by atoms with Crippen LogP contribution in [0.3, 0.4) is 0 Å². The number of aromatic nitrogens is 2. The molecule has 2 atom stereocenters. The third-order valence-electron chi connectivity index (χ3n) is 4.23. The van der Waals surface area contributed by atoms with Gasteiger partial charge in [0.25, 0.3) is 0 Å². The van der Waals surface area contributed by atoms with Gasteiger partial charge in [-0.05, 0) is 42.5 Å². The predicted octanol–water partition coefficient (Wildman–Crippen LogP) is 3.64. The summed E-state index contributed by atoms with van der Waals surface area (Å²) in [7, 11) is 0. The fraction of sp³-hybridized carbons (Fsp3) is 0.500. The molecule has 1 aliphatic rings. The molecule has 0 saturated heterocycles. The Kier molecular flexibility index (Phi) is 4.00. The van der Waals surface area contributed by atoms with Gasteiger partial charge in [-0.2, -0.15) is 0 Å². The summed E-state index contributed by atoms with van der Waals surface area (Å²) in [6, 6.07) is 7.74. The molecule has 0 amide bonds. The number of para-hydroxylation sites is 1. The van der Waals surface area contributed by atoms with Crippen molar-refractivity contribution >= 4 is 28.3 Å². The van der Waals surface area contributed by atoms with E-state index >= 15 is 0 Å². The highest BCUT2D eigenvalue weighted by molar-refractivity contribution is 6.28. The number of fused-ring (bicyclic) bond motifs is 1. The van der Waals surface area contributed by atoms with Gasteiger partial charge in [-0.1, -0.05) is 31.9 Å². The van der Waals surface area contributed by atoms with Gasteiger partial charge in [0.1, 0.15) is 5.82 Å². The monoisotopic (exact) mass is 305 g/mol. The van der Waals surface area contributed by atoms with E-state index in [0.717, 1.165) is 30.2 Å². The van der Waals surface area contributed by atoms with E-state index < -0.39 is 5.60 Å². The molecular formula is C16H20ClN3O. The molecule has 0 bridgehead atoms. The van der Waals surface area contributed by atoms with E-state index in [9.17, 15) is 5.11 Å². The van der Waals surface area contributed by atoms with Crippen molar-refractivity contribution in [3.05, 3.63) is 29.5 Å². The summed E-state index contributed by atoms with van der Waals surface area (Å²) in [6.07, 6.45) is 3.94. The summed E-state index contributed by atoms with van der Waals surface area (Å²) >= 11 is 5.98. The molecule has 3 rings (SSSR count). The Balaban J connectivity index is 1.82. The Hall–Kier alpha value is -1.39. The minimum Gasteiger partial charge on any atom is -0.388 e. The van der Waals surface area contributed by atoms with E-state index in [0.29, 0.717) is 18.3 Å². The zero-order chi connectivity index (χ0) is 14.9. The zero-order valence-electron chi connectivity index (χ0n) is 12.1. The summed E-state index contributed by atoms with van der Waals surface area (Å²) in [6.45, 7) is 2.69. The highest BCUT2D eigenvalue weighted by atomic mass is 35.5. The fourth-order valence-electron chi connectivity index (χ4n) is 3.22. The van der Waals surface area contributed by atoms with E-state index in [1.165, 1.54) is 6.42 Å². The van der Waals surface area contributed by atoms with Crippen molar-refractivity contribution in [1.29, 1.82) is 0 Å². The third kappa shape index (κ3) is 3.27. The van der Waals surface area contributed by atoms with Crippen molar-refractivity contribution in [2.24, 2.45) is 5.92 Å². The normalized spacial score (nSPS) is 26.0. The number of aliphatic hydroxyl groups is 1. The molecule has 0 spiro atoms. The highest BCUT2D eigenvalue weighted by Crippen LogP contribution is 2.32. The lowest BCUT2D eigenvalue weighted by Gasteiger charge is -2.35. The average molecular weight is 306 g/mol. The molecule has 2 aromatic rings. The minimum atomic E-state index is -0.657. The molecule has 1 heterocycles. The Morgan fingerprint density at radius 3 is 3.00 bits per heavy atom. The first-order valence-electron chi connectivity index (χ1n) is 7.44. The van der Waals surface area contributed by atoms with Crippen molar-refractivity contribution < 1.29 is 5.11 Å². The molecule has 4 nitrogen and oxygen atoms in total. The lowest BCUT2D eigenvalue weighted by Crippen LogP contribution is -2.41. The summed E-state index contributed by atoms with van der Waals surface area (Å²) in [5.74, 6) is 1.26. The first-order valence-corrected chi connectivity index (χ1v) is 7.82. The molecule has 1 aromatic heterocycles.